The molecule has 9 heteroatoms. The second-order valence-corrected chi connectivity index (χ2v) is 6.57. The summed E-state index contributed by atoms with van der Waals surface area (Å²) in [4.78, 5) is 12.2. The first-order valence-electron chi connectivity index (χ1n) is 7.89. The highest BCUT2D eigenvalue weighted by Crippen LogP contribution is 2.36. The number of nitrogens with one attached hydrogen (secondary N) is 2. The van der Waals surface area contributed by atoms with Crippen molar-refractivity contribution in [3.63, 3.8) is 0 Å². The van der Waals surface area contributed by atoms with Gasteiger partial charge in [0.05, 0.1) is 11.1 Å². The van der Waals surface area contributed by atoms with E-state index in [-0.39, 0.29) is 24.2 Å². The number of carbonyl (C=O) groups is 1. The van der Waals surface area contributed by atoms with Gasteiger partial charge in [-0.05, 0) is 43.9 Å². The Bertz CT molecular complexity index is 625. The molecule has 138 valence electrons. The summed E-state index contributed by atoms with van der Waals surface area (Å²) in [7, 11) is 0. The maximum atomic E-state index is 12.9. The van der Waals surface area contributed by atoms with Crippen LogP contribution >= 0.6 is 0 Å². The van der Waals surface area contributed by atoms with Crippen LogP contribution in [-0.4, -0.2) is 24.0 Å². The molecule has 1 aromatic carbocycles. The van der Waals surface area contributed by atoms with Gasteiger partial charge in [0.25, 0.3) is 5.91 Å². The van der Waals surface area contributed by atoms with Gasteiger partial charge in [-0.1, -0.05) is 0 Å². The summed E-state index contributed by atoms with van der Waals surface area (Å²) in [5, 5.41) is 5.92. The SMILES string of the molecule is O=C(NC1CC2CCC(C1)N2)c1cc(C(F)(F)F)cc(C(F)(F)F)c1. The van der Waals surface area contributed by atoms with Crippen LogP contribution in [0.3, 0.4) is 0 Å². The number of fused-ring (bicyclic) bond motifs is 2. The van der Waals surface area contributed by atoms with Crippen LogP contribution in [-0.2, 0) is 12.4 Å². The van der Waals surface area contributed by atoms with E-state index >= 15 is 0 Å². The van der Waals surface area contributed by atoms with Crippen molar-refractivity contribution in [3.8, 4) is 0 Å². The van der Waals surface area contributed by atoms with E-state index in [0.29, 0.717) is 25.0 Å². The number of amides is 1. The van der Waals surface area contributed by atoms with Gasteiger partial charge in [-0.3, -0.25) is 4.79 Å². The summed E-state index contributed by atoms with van der Waals surface area (Å²) in [5.74, 6) is -0.914. The standard InChI is InChI=1S/C16H16F6N2O/c17-15(18,19)9-3-8(4-10(5-9)16(20,21)22)14(25)24-13-6-11-1-2-12(7-13)23-11/h3-5,11-13,23H,1-2,6-7H2,(H,24,25). The number of hydrogen-bond donors (Lipinski definition) is 2. The molecule has 2 fully saturated rings. The zero-order valence-electron chi connectivity index (χ0n) is 13.0. The van der Waals surface area contributed by atoms with Crippen molar-refractivity contribution in [1.29, 1.82) is 0 Å². The number of benzene rings is 1. The van der Waals surface area contributed by atoms with Crippen LogP contribution in [0.2, 0.25) is 0 Å². The van der Waals surface area contributed by atoms with Crippen molar-refractivity contribution < 1.29 is 31.1 Å². The van der Waals surface area contributed by atoms with Gasteiger partial charge in [-0.15, -0.1) is 0 Å². The average Bonchev–Trinajstić information content (AvgIpc) is 2.84. The van der Waals surface area contributed by atoms with Crippen molar-refractivity contribution in [2.75, 3.05) is 0 Å². The quantitative estimate of drug-likeness (QED) is 0.783. The van der Waals surface area contributed by atoms with Crippen LogP contribution in [0.25, 0.3) is 0 Å². The maximum absolute atomic E-state index is 12.9. The molecule has 3 nitrogen and oxygen atoms in total. The fourth-order valence-electron chi connectivity index (χ4n) is 3.53. The first kappa shape index (κ1) is 18.0. The molecular formula is C16H16F6N2O. The van der Waals surface area contributed by atoms with E-state index < -0.39 is 35.0 Å². The van der Waals surface area contributed by atoms with Crippen molar-refractivity contribution in [2.45, 2.75) is 56.2 Å². The molecule has 2 atom stereocenters. The second-order valence-electron chi connectivity index (χ2n) is 6.57. The molecule has 3 rings (SSSR count). The van der Waals surface area contributed by atoms with Gasteiger partial charge in [0.2, 0.25) is 0 Å². The van der Waals surface area contributed by atoms with Gasteiger partial charge in [0.15, 0.2) is 0 Å². The third kappa shape index (κ3) is 4.08. The Labute approximate surface area is 139 Å². The Balaban J connectivity index is 1.83. The highest BCUT2D eigenvalue weighted by Gasteiger charge is 2.38. The largest absolute Gasteiger partial charge is 0.416 e. The Hall–Kier alpha value is -1.77. The van der Waals surface area contributed by atoms with Crippen LogP contribution in [0, 0.1) is 0 Å². The minimum Gasteiger partial charge on any atom is -0.349 e. The molecule has 2 saturated heterocycles. The van der Waals surface area contributed by atoms with Crippen molar-refractivity contribution in [2.24, 2.45) is 0 Å². The molecule has 2 heterocycles. The van der Waals surface area contributed by atoms with Gasteiger partial charge in [0.1, 0.15) is 0 Å². The fourth-order valence-corrected chi connectivity index (χ4v) is 3.53. The maximum Gasteiger partial charge on any atom is 0.416 e. The van der Waals surface area contributed by atoms with E-state index in [9.17, 15) is 31.1 Å². The topological polar surface area (TPSA) is 41.1 Å². The number of alkyl halides is 6. The normalized spacial score (nSPS) is 26.6. The van der Waals surface area contributed by atoms with E-state index in [2.05, 4.69) is 10.6 Å². The number of rotatable bonds is 2. The predicted octanol–water partition coefficient (Wildman–Crippen LogP) is 3.74. The molecule has 1 amide bonds. The zero-order chi connectivity index (χ0) is 18.4. The Morgan fingerprint density at radius 2 is 1.40 bits per heavy atom. The zero-order valence-corrected chi connectivity index (χ0v) is 13.0. The van der Waals surface area contributed by atoms with E-state index in [1.807, 2.05) is 0 Å². The lowest BCUT2D eigenvalue weighted by Gasteiger charge is -2.29. The monoisotopic (exact) mass is 366 g/mol. The lowest BCUT2D eigenvalue weighted by atomic mass is 9.98. The first-order chi connectivity index (χ1) is 11.5. The van der Waals surface area contributed by atoms with Crippen molar-refractivity contribution in [3.05, 3.63) is 34.9 Å². The molecular weight excluding hydrogens is 350 g/mol. The average molecular weight is 366 g/mol. The molecule has 2 bridgehead atoms. The molecule has 0 spiro atoms. The molecule has 2 N–H and O–H groups in total. The number of hydrogen-bond acceptors (Lipinski definition) is 2. The first-order valence-corrected chi connectivity index (χ1v) is 7.89. The summed E-state index contributed by atoms with van der Waals surface area (Å²) in [6.45, 7) is 0. The molecule has 2 unspecified atom stereocenters. The summed E-state index contributed by atoms with van der Waals surface area (Å²) < 4.78 is 77.2. The van der Waals surface area contributed by atoms with Crippen LogP contribution in [0.1, 0.15) is 47.2 Å². The Morgan fingerprint density at radius 1 is 0.920 bits per heavy atom. The number of piperidine rings is 1. The van der Waals surface area contributed by atoms with Crippen LogP contribution in [0.15, 0.2) is 18.2 Å². The van der Waals surface area contributed by atoms with Gasteiger partial charge in [-0.2, -0.15) is 26.3 Å². The third-order valence-corrected chi connectivity index (χ3v) is 4.66. The molecule has 0 saturated carbocycles. The molecule has 0 aliphatic carbocycles. The van der Waals surface area contributed by atoms with Gasteiger partial charge >= 0.3 is 12.4 Å². The van der Waals surface area contributed by atoms with Gasteiger partial charge < -0.3 is 10.6 Å². The van der Waals surface area contributed by atoms with Crippen molar-refractivity contribution >= 4 is 5.91 Å². The van der Waals surface area contributed by atoms with Crippen LogP contribution in [0.5, 0.6) is 0 Å². The molecule has 25 heavy (non-hydrogen) atoms. The van der Waals surface area contributed by atoms with E-state index in [4.69, 9.17) is 0 Å². The Morgan fingerprint density at radius 3 is 1.84 bits per heavy atom. The second kappa shape index (κ2) is 6.19. The summed E-state index contributed by atoms with van der Waals surface area (Å²) in [5.41, 5.74) is -3.61. The highest BCUT2D eigenvalue weighted by molar-refractivity contribution is 5.94. The number of halogens is 6. The molecule has 2 aliphatic heterocycles. The smallest absolute Gasteiger partial charge is 0.349 e. The summed E-state index contributed by atoms with van der Waals surface area (Å²) in [6.07, 6.45) is -6.79. The third-order valence-electron chi connectivity index (χ3n) is 4.66. The minimum absolute atomic E-state index is 0.0154. The van der Waals surface area contributed by atoms with Gasteiger partial charge in [-0.25, -0.2) is 0 Å². The molecule has 0 radical (unpaired) electrons. The lowest BCUT2D eigenvalue weighted by molar-refractivity contribution is -0.143. The Kier molecular flexibility index (Phi) is 4.47. The summed E-state index contributed by atoms with van der Waals surface area (Å²) in [6, 6.07) is 1.14. The van der Waals surface area contributed by atoms with Gasteiger partial charge in [0, 0.05) is 23.7 Å². The highest BCUT2D eigenvalue weighted by atomic mass is 19.4. The molecule has 0 aromatic heterocycles. The fraction of sp³-hybridized carbons (Fsp3) is 0.562. The van der Waals surface area contributed by atoms with Crippen molar-refractivity contribution in [1.82, 2.24) is 10.6 Å². The minimum atomic E-state index is -4.97. The van der Waals surface area contributed by atoms with E-state index in [0.717, 1.165) is 12.8 Å². The summed E-state index contributed by atoms with van der Waals surface area (Å²) >= 11 is 0. The lowest BCUT2D eigenvalue weighted by Crippen LogP contribution is -2.48. The predicted molar refractivity (Wildman–Crippen MR) is 76.9 cm³/mol. The molecule has 1 aromatic rings. The number of carbonyl (C=O) groups excluding carboxylic acids is 1. The van der Waals surface area contributed by atoms with Crippen LogP contribution < -0.4 is 10.6 Å². The molecule has 2 aliphatic rings. The van der Waals surface area contributed by atoms with Crippen LogP contribution in [0.4, 0.5) is 26.3 Å². The van der Waals surface area contributed by atoms with E-state index in [1.54, 1.807) is 0 Å². The van der Waals surface area contributed by atoms with E-state index in [1.165, 1.54) is 0 Å².